The van der Waals surface area contributed by atoms with Crippen molar-refractivity contribution in [1.29, 1.82) is 0 Å². The lowest BCUT2D eigenvalue weighted by Crippen LogP contribution is -2.44. The van der Waals surface area contributed by atoms with Gasteiger partial charge in [-0.3, -0.25) is 4.90 Å². The Morgan fingerprint density at radius 1 is 1.33 bits per heavy atom. The van der Waals surface area contributed by atoms with Crippen molar-refractivity contribution in [2.45, 2.75) is 50.7 Å². The van der Waals surface area contributed by atoms with Crippen LogP contribution in [0.15, 0.2) is 15.9 Å². The summed E-state index contributed by atoms with van der Waals surface area (Å²) in [5.74, 6) is 0. The minimum atomic E-state index is 0.725. The lowest BCUT2D eigenvalue weighted by atomic mass is 10.0. The summed E-state index contributed by atoms with van der Waals surface area (Å²) in [6.45, 7) is 3.59. The topological polar surface area (TPSA) is 15.3 Å². The molecule has 2 nitrogen and oxygen atoms in total. The van der Waals surface area contributed by atoms with Gasteiger partial charge in [0.1, 0.15) is 0 Å². The molecule has 1 unspecified atom stereocenters. The van der Waals surface area contributed by atoms with Gasteiger partial charge >= 0.3 is 0 Å². The summed E-state index contributed by atoms with van der Waals surface area (Å²) in [6, 6.07) is 3.85. The van der Waals surface area contributed by atoms with Gasteiger partial charge in [0.2, 0.25) is 0 Å². The molecule has 0 bridgehead atoms. The number of rotatable bonds is 5. The monoisotopic (exact) mass is 328 g/mol. The van der Waals surface area contributed by atoms with E-state index in [1.807, 2.05) is 11.3 Å². The largest absolute Gasteiger partial charge is 0.313 e. The number of piperidine rings is 1. The maximum Gasteiger partial charge on any atom is 0.0331 e. The van der Waals surface area contributed by atoms with Crippen molar-refractivity contribution in [3.05, 3.63) is 20.8 Å². The van der Waals surface area contributed by atoms with Gasteiger partial charge in [0.15, 0.2) is 0 Å². The van der Waals surface area contributed by atoms with Gasteiger partial charge in [0.25, 0.3) is 0 Å². The summed E-state index contributed by atoms with van der Waals surface area (Å²) in [4.78, 5) is 4.19. The molecule has 1 saturated heterocycles. The number of nitrogens with zero attached hydrogens (tertiary/aromatic N) is 1. The second-order valence-electron chi connectivity index (χ2n) is 5.54. The molecular weight excluding hydrogens is 308 g/mol. The van der Waals surface area contributed by atoms with E-state index in [1.54, 1.807) is 0 Å². The summed E-state index contributed by atoms with van der Waals surface area (Å²) >= 11 is 5.43. The minimum absolute atomic E-state index is 0.725. The number of hydrogen-bond donors (Lipinski definition) is 1. The average Bonchev–Trinajstić information content (AvgIpc) is 3.15. The fourth-order valence-corrected chi connectivity index (χ4v) is 4.26. The van der Waals surface area contributed by atoms with Gasteiger partial charge in [-0.05, 0) is 54.2 Å². The lowest BCUT2D eigenvalue weighted by Gasteiger charge is -2.30. The van der Waals surface area contributed by atoms with E-state index in [0.717, 1.165) is 18.6 Å². The van der Waals surface area contributed by atoms with E-state index in [-0.39, 0.29) is 0 Å². The molecule has 1 atom stereocenters. The van der Waals surface area contributed by atoms with Crippen molar-refractivity contribution >= 4 is 27.3 Å². The van der Waals surface area contributed by atoms with Gasteiger partial charge in [0.05, 0.1) is 0 Å². The van der Waals surface area contributed by atoms with Crippen LogP contribution in [0.25, 0.3) is 0 Å². The van der Waals surface area contributed by atoms with Crippen LogP contribution in [0.2, 0.25) is 0 Å². The molecule has 0 radical (unpaired) electrons. The van der Waals surface area contributed by atoms with E-state index in [9.17, 15) is 0 Å². The van der Waals surface area contributed by atoms with Crippen LogP contribution in [0.4, 0.5) is 0 Å². The van der Waals surface area contributed by atoms with E-state index >= 15 is 0 Å². The molecule has 1 saturated carbocycles. The first kappa shape index (κ1) is 13.1. The third-order valence-electron chi connectivity index (χ3n) is 3.91. The van der Waals surface area contributed by atoms with E-state index in [4.69, 9.17) is 0 Å². The third kappa shape index (κ3) is 3.56. The first-order valence-corrected chi connectivity index (χ1v) is 8.69. The highest BCUT2D eigenvalue weighted by Gasteiger charge is 2.31. The SMILES string of the molecule is Brc1csc(CN(CC2CCCCN2)C2CC2)c1. The molecule has 2 heterocycles. The molecule has 1 N–H and O–H groups in total. The van der Waals surface area contributed by atoms with Crippen LogP contribution >= 0.6 is 27.3 Å². The molecule has 1 aliphatic heterocycles. The van der Waals surface area contributed by atoms with E-state index in [0.29, 0.717) is 0 Å². The van der Waals surface area contributed by atoms with Gasteiger partial charge in [0, 0.05) is 39.9 Å². The normalized spacial score (nSPS) is 24.7. The van der Waals surface area contributed by atoms with E-state index in [1.165, 1.54) is 54.5 Å². The molecule has 100 valence electrons. The second-order valence-corrected chi connectivity index (χ2v) is 7.45. The summed E-state index contributed by atoms with van der Waals surface area (Å²) in [5, 5.41) is 5.87. The highest BCUT2D eigenvalue weighted by atomic mass is 79.9. The molecule has 18 heavy (non-hydrogen) atoms. The average molecular weight is 329 g/mol. The van der Waals surface area contributed by atoms with Crippen molar-refractivity contribution in [3.8, 4) is 0 Å². The van der Waals surface area contributed by atoms with Crippen LogP contribution in [-0.4, -0.2) is 30.1 Å². The Balaban J connectivity index is 1.57. The standard InChI is InChI=1S/C14H21BrN2S/c15-11-7-14(18-10-11)9-17(13-4-5-13)8-12-3-1-2-6-16-12/h7,10,12-13,16H,1-6,8-9H2. The molecule has 1 aromatic rings. The maximum absolute atomic E-state index is 3.68. The molecule has 3 rings (SSSR count). The highest BCUT2D eigenvalue weighted by Crippen LogP contribution is 2.31. The Morgan fingerprint density at radius 3 is 2.83 bits per heavy atom. The fraction of sp³-hybridized carbons (Fsp3) is 0.714. The number of nitrogens with one attached hydrogen (secondary N) is 1. The second kappa shape index (κ2) is 6.04. The Hall–Kier alpha value is 0.1000. The first-order valence-electron chi connectivity index (χ1n) is 7.01. The zero-order valence-electron chi connectivity index (χ0n) is 10.7. The summed E-state index contributed by atoms with van der Waals surface area (Å²) < 4.78 is 1.23. The Kier molecular flexibility index (Phi) is 4.39. The maximum atomic E-state index is 3.68. The molecule has 2 aliphatic rings. The Bertz CT molecular complexity index is 383. The van der Waals surface area contributed by atoms with Crippen LogP contribution in [0.5, 0.6) is 0 Å². The number of thiophene rings is 1. The molecule has 2 fully saturated rings. The molecule has 1 aromatic heterocycles. The highest BCUT2D eigenvalue weighted by molar-refractivity contribution is 9.10. The predicted octanol–water partition coefficient (Wildman–Crippen LogP) is 3.62. The van der Waals surface area contributed by atoms with Crippen molar-refractivity contribution in [3.63, 3.8) is 0 Å². The predicted molar refractivity (Wildman–Crippen MR) is 81.1 cm³/mol. The summed E-state index contributed by atoms with van der Waals surface area (Å²) in [5.41, 5.74) is 0. The number of hydrogen-bond acceptors (Lipinski definition) is 3. The van der Waals surface area contributed by atoms with Crippen molar-refractivity contribution in [2.24, 2.45) is 0 Å². The minimum Gasteiger partial charge on any atom is -0.313 e. The Morgan fingerprint density at radius 2 is 2.22 bits per heavy atom. The lowest BCUT2D eigenvalue weighted by molar-refractivity contribution is 0.210. The first-order chi connectivity index (χ1) is 8.81. The molecule has 1 aliphatic carbocycles. The molecule has 4 heteroatoms. The van der Waals surface area contributed by atoms with Crippen LogP contribution in [0, 0.1) is 0 Å². The Labute approximate surface area is 122 Å². The quantitative estimate of drug-likeness (QED) is 0.888. The van der Waals surface area contributed by atoms with Gasteiger partial charge < -0.3 is 5.32 Å². The third-order valence-corrected chi connectivity index (χ3v) is 5.59. The van der Waals surface area contributed by atoms with Gasteiger partial charge in [-0.2, -0.15) is 0 Å². The van der Waals surface area contributed by atoms with Crippen molar-refractivity contribution < 1.29 is 0 Å². The molecule has 0 amide bonds. The zero-order valence-corrected chi connectivity index (χ0v) is 13.1. The molecule has 0 aromatic carbocycles. The van der Waals surface area contributed by atoms with Crippen molar-refractivity contribution in [2.75, 3.05) is 13.1 Å². The number of halogens is 1. The summed E-state index contributed by atoms with van der Waals surface area (Å²) in [7, 11) is 0. The van der Waals surface area contributed by atoms with E-state index in [2.05, 4.69) is 37.6 Å². The molecular formula is C14H21BrN2S. The van der Waals surface area contributed by atoms with Crippen LogP contribution < -0.4 is 5.32 Å². The fourth-order valence-electron chi connectivity index (χ4n) is 2.78. The smallest absolute Gasteiger partial charge is 0.0331 e. The van der Waals surface area contributed by atoms with Gasteiger partial charge in [-0.1, -0.05) is 6.42 Å². The van der Waals surface area contributed by atoms with Gasteiger partial charge in [-0.15, -0.1) is 11.3 Å². The van der Waals surface area contributed by atoms with Crippen LogP contribution in [0.3, 0.4) is 0 Å². The van der Waals surface area contributed by atoms with Crippen LogP contribution in [-0.2, 0) is 6.54 Å². The van der Waals surface area contributed by atoms with Gasteiger partial charge in [-0.25, -0.2) is 0 Å². The van der Waals surface area contributed by atoms with Crippen molar-refractivity contribution in [1.82, 2.24) is 10.2 Å². The molecule has 0 spiro atoms. The summed E-state index contributed by atoms with van der Waals surface area (Å²) in [6.07, 6.45) is 6.93. The van der Waals surface area contributed by atoms with E-state index < -0.39 is 0 Å². The van der Waals surface area contributed by atoms with Crippen LogP contribution in [0.1, 0.15) is 37.0 Å². The zero-order chi connectivity index (χ0) is 12.4.